The van der Waals surface area contributed by atoms with Gasteiger partial charge in [-0.3, -0.25) is 0 Å². The molecule has 1 aliphatic heterocycles. The summed E-state index contributed by atoms with van der Waals surface area (Å²) in [5.41, 5.74) is 5.10. The van der Waals surface area contributed by atoms with Gasteiger partial charge in [0.15, 0.2) is 0 Å². The highest BCUT2D eigenvalue weighted by atomic mass is 14.9. The van der Waals surface area contributed by atoms with E-state index < -0.39 is 0 Å². The highest BCUT2D eigenvalue weighted by Crippen LogP contribution is 2.50. The molecule has 0 aromatic heterocycles. The molecule has 1 heteroatoms. The van der Waals surface area contributed by atoms with Gasteiger partial charge >= 0.3 is 0 Å². The van der Waals surface area contributed by atoms with Crippen LogP contribution < -0.4 is 5.32 Å². The van der Waals surface area contributed by atoms with Gasteiger partial charge in [-0.05, 0) is 30.9 Å². The summed E-state index contributed by atoms with van der Waals surface area (Å²) in [7, 11) is 0. The summed E-state index contributed by atoms with van der Waals surface area (Å²) in [5.74, 6) is 0. The van der Waals surface area contributed by atoms with Crippen LogP contribution >= 0.6 is 0 Å². The summed E-state index contributed by atoms with van der Waals surface area (Å²) in [4.78, 5) is 0. The third-order valence-corrected chi connectivity index (χ3v) is 3.47. The van der Waals surface area contributed by atoms with Gasteiger partial charge in [0.2, 0.25) is 0 Å². The van der Waals surface area contributed by atoms with E-state index >= 15 is 0 Å². The number of fused-ring (bicyclic) bond motifs is 2. The lowest BCUT2D eigenvalue weighted by Crippen LogP contribution is -2.33. The minimum Gasteiger partial charge on any atom is -0.312 e. The first-order valence-electron chi connectivity index (χ1n) is 5.11. The second-order valence-corrected chi connectivity index (χ2v) is 4.54. The number of rotatable bonds is 0. The molecular formula is C12H15N. The molecule has 0 unspecified atom stereocenters. The minimum absolute atomic E-state index is 0.541. The van der Waals surface area contributed by atoms with E-state index in [0.29, 0.717) is 5.41 Å². The Labute approximate surface area is 79.2 Å². The Morgan fingerprint density at radius 2 is 2.15 bits per heavy atom. The SMILES string of the molecule is Cc1ccc2c(c1)C1(CC1)CNC2. The van der Waals surface area contributed by atoms with Gasteiger partial charge < -0.3 is 5.32 Å². The second-order valence-electron chi connectivity index (χ2n) is 4.54. The van der Waals surface area contributed by atoms with Crippen molar-refractivity contribution in [2.45, 2.75) is 31.7 Å². The van der Waals surface area contributed by atoms with E-state index in [4.69, 9.17) is 0 Å². The van der Waals surface area contributed by atoms with Crippen LogP contribution in [0.4, 0.5) is 0 Å². The Hall–Kier alpha value is -0.820. The largest absolute Gasteiger partial charge is 0.312 e. The lowest BCUT2D eigenvalue weighted by Gasteiger charge is -2.26. The molecule has 13 heavy (non-hydrogen) atoms. The van der Waals surface area contributed by atoms with Crippen LogP contribution in [0.5, 0.6) is 0 Å². The van der Waals surface area contributed by atoms with Crippen molar-refractivity contribution >= 4 is 0 Å². The predicted octanol–water partition coefficient (Wildman–Crippen LogP) is 2.13. The fraction of sp³-hybridized carbons (Fsp3) is 0.500. The van der Waals surface area contributed by atoms with Crippen molar-refractivity contribution in [3.05, 3.63) is 34.9 Å². The quantitative estimate of drug-likeness (QED) is 0.633. The van der Waals surface area contributed by atoms with E-state index in [0.717, 1.165) is 6.54 Å². The zero-order valence-electron chi connectivity index (χ0n) is 8.06. The van der Waals surface area contributed by atoms with E-state index in [1.807, 2.05) is 0 Å². The van der Waals surface area contributed by atoms with Gasteiger partial charge in [-0.25, -0.2) is 0 Å². The van der Waals surface area contributed by atoms with Crippen LogP contribution in [0.2, 0.25) is 0 Å². The number of nitrogens with one attached hydrogen (secondary N) is 1. The summed E-state index contributed by atoms with van der Waals surface area (Å²) >= 11 is 0. The van der Waals surface area contributed by atoms with Gasteiger partial charge in [-0.15, -0.1) is 0 Å². The van der Waals surface area contributed by atoms with Crippen LogP contribution in [0.3, 0.4) is 0 Å². The normalized spacial score (nSPS) is 22.8. The van der Waals surface area contributed by atoms with Crippen molar-refractivity contribution in [1.29, 1.82) is 0 Å². The Balaban J connectivity index is 2.16. The molecule has 0 bridgehead atoms. The van der Waals surface area contributed by atoms with Crippen molar-refractivity contribution < 1.29 is 0 Å². The summed E-state index contributed by atoms with van der Waals surface area (Å²) in [5, 5.41) is 3.51. The Bertz CT molecular complexity index is 350. The lowest BCUT2D eigenvalue weighted by atomic mass is 9.87. The molecule has 0 amide bonds. The van der Waals surface area contributed by atoms with Crippen molar-refractivity contribution in [3.63, 3.8) is 0 Å². The predicted molar refractivity (Wildman–Crippen MR) is 53.8 cm³/mol. The van der Waals surface area contributed by atoms with Gasteiger partial charge in [0.1, 0.15) is 0 Å². The maximum atomic E-state index is 3.51. The molecule has 2 aliphatic rings. The molecule has 1 spiro atoms. The Morgan fingerprint density at radius 1 is 1.31 bits per heavy atom. The molecule has 1 aromatic carbocycles. The summed E-state index contributed by atoms with van der Waals surface area (Å²) < 4.78 is 0. The monoisotopic (exact) mass is 173 g/mol. The van der Waals surface area contributed by atoms with Crippen LogP contribution in [0.15, 0.2) is 18.2 Å². The van der Waals surface area contributed by atoms with E-state index in [9.17, 15) is 0 Å². The first-order chi connectivity index (χ1) is 6.30. The van der Waals surface area contributed by atoms with Crippen LogP contribution in [-0.2, 0) is 12.0 Å². The zero-order chi connectivity index (χ0) is 8.89. The topological polar surface area (TPSA) is 12.0 Å². The first kappa shape index (κ1) is 7.57. The Morgan fingerprint density at radius 3 is 2.92 bits per heavy atom. The minimum atomic E-state index is 0.541. The maximum absolute atomic E-state index is 3.51. The second kappa shape index (κ2) is 2.36. The first-order valence-corrected chi connectivity index (χ1v) is 5.11. The van der Waals surface area contributed by atoms with Crippen molar-refractivity contribution in [2.24, 2.45) is 0 Å². The molecule has 3 rings (SSSR count). The smallest absolute Gasteiger partial charge is 0.0208 e. The van der Waals surface area contributed by atoms with E-state index in [-0.39, 0.29) is 0 Å². The molecule has 0 radical (unpaired) electrons. The average molecular weight is 173 g/mol. The van der Waals surface area contributed by atoms with Crippen LogP contribution in [0.25, 0.3) is 0 Å². The summed E-state index contributed by atoms with van der Waals surface area (Å²) in [6.45, 7) is 4.46. The summed E-state index contributed by atoms with van der Waals surface area (Å²) in [6, 6.07) is 6.90. The number of benzene rings is 1. The fourth-order valence-corrected chi connectivity index (χ4v) is 2.47. The third kappa shape index (κ3) is 1.03. The van der Waals surface area contributed by atoms with Crippen LogP contribution in [0.1, 0.15) is 29.5 Å². The molecule has 1 aromatic rings. The van der Waals surface area contributed by atoms with Crippen molar-refractivity contribution in [1.82, 2.24) is 5.32 Å². The van der Waals surface area contributed by atoms with Gasteiger partial charge in [0.05, 0.1) is 0 Å². The van der Waals surface area contributed by atoms with E-state index in [2.05, 4.69) is 30.4 Å². The number of hydrogen-bond donors (Lipinski definition) is 1. The van der Waals surface area contributed by atoms with Gasteiger partial charge in [0, 0.05) is 18.5 Å². The molecule has 0 atom stereocenters. The number of aryl methyl sites for hydroxylation is 1. The van der Waals surface area contributed by atoms with E-state index in [1.54, 1.807) is 5.56 Å². The molecule has 1 aliphatic carbocycles. The van der Waals surface area contributed by atoms with Gasteiger partial charge in [-0.2, -0.15) is 0 Å². The Kier molecular flexibility index (Phi) is 1.37. The molecule has 1 fully saturated rings. The fourth-order valence-electron chi connectivity index (χ4n) is 2.47. The average Bonchev–Trinajstić information content (AvgIpc) is 2.88. The lowest BCUT2D eigenvalue weighted by molar-refractivity contribution is 0.531. The molecule has 0 saturated heterocycles. The molecule has 1 heterocycles. The molecule has 1 nitrogen and oxygen atoms in total. The van der Waals surface area contributed by atoms with Gasteiger partial charge in [-0.1, -0.05) is 23.8 Å². The van der Waals surface area contributed by atoms with Crippen LogP contribution in [-0.4, -0.2) is 6.54 Å². The van der Waals surface area contributed by atoms with Gasteiger partial charge in [0.25, 0.3) is 0 Å². The maximum Gasteiger partial charge on any atom is 0.0208 e. The molecular weight excluding hydrogens is 158 g/mol. The third-order valence-electron chi connectivity index (χ3n) is 3.47. The summed E-state index contributed by atoms with van der Waals surface area (Å²) in [6.07, 6.45) is 2.77. The highest BCUT2D eigenvalue weighted by molar-refractivity contribution is 5.43. The van der Waals surface area contributed by atoms with E-state index in [1.165, 1.54) is 30.5 Å². The number of hydrogen-bond acceptors (Lipinski definition) is 1. The van der Waals surface area contributed by atoms with Crippen LogP contribution in [0, 0.1) is 6.92 Å². The molecule has 68 valence electrons. The highest BCUT2D eigenvalue weighted by Gasteiger charge is 2.46. The van der Waals surface area contributed by atoms with Crippen molar-refractivity contribution in [3.8, 4) is 0 Å². The standard InChI is InChI=1S/C12H15N/c1-9-2-3-10-7-13-8-12(4-5-12)11(10)6-9/h2-3,6,13H,4-5,7-8H2,1H3. The molecule has 1 N–H and O–H groups in total. The molecule has 1 saturated carbocycles. The zero-order valence-corrected chi connectivity index (χ0v) is 8.06. The van der Waals surface area contributed by atoms with Crippen molar-refractivity contribution in [2.75, 3.05) is 6.54 Å².